The second-order valence-corrected chi connectivity index (χ2v) is 7.94. The number of nitrogens with one attached hydrogen (secondary N) is 1. The summed E-state index contributed by atoms with van der Waals surface area (Å²) in [4.78, 5) is 28.5. The maximum absolute atomic E-state index is 12.8. The number of carbonyl (C=O) groups excluding carboxylic acids is 1. The van der Waals surface area contributed by atoms with Gasteiger partial charge in [-0.2, -0.15) is 0 Å². The number of hydrogen-bond acceptors (Lipinski definition) is 7. The molecule has 0 spiro atoms. The van der Waals surface area contributed by atoms with Gasteiger partial charge in [-0.05, 0) is 48.0 Å². The molecule has 0 aliphatic rings. The maximum Gasteiger partial charge on any atom is 0.330 e. The lowest BCUT2D eigenvalue weighted by molar-refractivity contribution is 0.104. The van der Waals surface area contributed by atoms with Gasteiger partial charge in [-0.3, -0.25) is 9.36 Å². The summed E-state index contributed by atoms with van der Waals surface area (Å²) in [5, 5.41) is 9.74. The van der Waals surface area contributed by atoms with Crippen LogP contribution in [-0.2, 0) is 0 Å². The Balaban J connectivity index is 1.64. The highest BCUT2D eigenvalue weighted by Gasteiger charge is 2.16. The molecule has 0 saturated carbocycles. The Hall–Kier alpha value is -4.92. The Kier molecular flexibility index (Phi) is 7.34. The molecule has 0 saturated heterocycles. The molecule has 4 aromatic rings. The molecule has 2 N–H and O–H groups in total. The van der Waals surface area contributed by atoms with Crippen molar-refractivity contribution in [1.82, 2.24) is 9.55 Å². The number of aromatic nitrogens is 2. The first-order valence-corrected chi connectivity index (χ1v) is 11.2. The van der Waals surface area contributed by atoms with Crippen molar-refractivity contribution in [2.24, 2.45) is 0 Å². The highest BCUT2D eigenvalue weighted by Crippen LogP contribution is 2.40. The minimum Gasteiger partial charge on any atom is -0.504 e. The largest absolute Gasteiger partial charge is 0.504 e. The fraction of sp³-hybridized carbons (Fsp3) is 0.143. The van der Waals surface area contributed by atoms with Crippen LogP contribution < -0.4 is 24.6 Å². The van der Waals surface area contributed by atoms with E-state index in [1.807, 2.05) is 0 Å². The number of hydrogen-bond donors (Lipinski definition) is 2. The summed E-state index contributed by atoms with van der Waals surface area (Å²) in [7, 11) is 6.01. The summed E-state index contributed by atoms with van der Waals surface area (Å²) in [5.41, 5.74) is 2.43. The lowest BCUT2D eigenvalue weighted by atomic mass is 10.1. The van der Waals surface area contributed by atoms with Crippen molar-refractivity contribution >= 4 is 11.9 Å². The number of aromatic hydroxyl groups is 1. The average molecular weight is 503 g/mol. The number of ether oxygens (including phenoxy) is 4. The highest BCUT2D eigenvalue weighted by molar-refractivity contribution is 6.07. The molecule has 0 unspecified atom stereocenters. The normalized spacial score (nSPS) is 10.9. The second-order valence-electron chi connectivity index (χ2n) is 7.94. The van der Waals surface area contributed by atoms with Crippen LogP contribution in [0.15, 0.2) is 71.7 Å². The number of aromatic amines is 1. The number of ketones is 1. The number of benzene rings is 3. The zero-order valence-corrected chi connectivity index (χ0v) is 20.8. The fourth-order valence-corrected chi connectivity index (χ4v) is 3.85. The summed E-state index contributed by atoms with van der Waals surface area (Å²) in [6, 6.07) is 15.0. The summed E-state index contributed by atoms with van der Waals surface area (Å²) < 4.78 is 22.7. The van der Waals surface area contributed by atoms with Gasteiger partial charge in [0.2, 0.25) is 5.75 Å². The van der Waals surface area contributed by atoms with E-state index in [0.717, 1.165) is 0 Å². The molecule has 9 heteroatoms. The monoisotopic (exact) mass is 502 g/mol. The number of allylic oxidation sites excluding steroid dienone is 1. The number of phenols is 1. The molecular formula is C28H26N2O7. The first-order valence-electron chi connectivity index (χ1n) is 11.2. The van der Waals surface area contributed by atoms with Crippen LogP contribution in [0.3, 0.4) is 0 Å². The van der Waals surface area contributed by atoms with Gasteiger partial charge < -0.3 is 29.0 Å². The van der Waals surface area contributed by atoms with Gasteiger partial charge in [-0.25, -0.2) is 4.79 Å². The summed E-state index contributed by atoms with van der Waals surface area (Å²) in [5.74, 6) is 1.43. The fourth-order valence-electron chi connectivity index (χ4n) is 3.85. The smallest absolute Gasteiger partial charge is 0.330 e. The lowest BCUT2D eigenvalue weighted by Gasteiger charge is -2.13. The Bertz CT molecular complexity index is 1510. The molecule has 1 heterocycles. The molecule has 0 amide bonds. The Morgan fingerprint density at radius 2 is 1.59 bits per heavy atom. The molecule has 3 aromatic carbocycles. The van der Waals surface area contributed by atoms with Gasteiger partial charge in [0.15, 0.2) is 28.8 Å². The SMILES string of the molecule is COc1cc(/C=C/C(=O)c2cccc(-n3cc(-c4cc(OC)c(OC)c(OC)c4)[nH]c3=O)c2)ccc1O. The van der Waals surface area contributed by atoms with Crippen LogP contribution in [0.5, 0.6) is 28.7 Å². The van der Waals surface area contributed by atoms with Gasteiger partial charge in [-0.15, -0.1) is 0 Å². The van der Waals surface area contributed by atoms with Crippen LogP contribution in [0.25, 0.3) is 23.0 Å². The van der Waals surface area contributed by atoms with Crippen molar-refractivity contribution in [1.29, 1.82) is 0 Å². The zero-order chi connectivity index (χ0) is 26.5. The molecule has 0 atom stereocenters. The van der Waals surface area contributed by atoms with Crippen molar-refractivity contribution in [3.8, 4) is 45.7 Å². The number of methoxy groups -OCH3 is 4. The number of nitrogens with zero attached hydrogens (tertiary/aromatic N) is 1. The molecule has 4 rings (SSSR count). The number of imidazole rings is 1. The highest BCUT2D eigenvalue weighted by atomic mass is 16.5. The molecule has 0 fully saturated rings. The van der Waals surface area contributed by atoms with Crippen LogP contribution in [0, 0.1) is 0 Å². The first kappa shape index (κ1) is 25.2. The third-order valence-electron chi connectivity index (χ3n) is 5.73. The zero-order valence-electron chi connectivity index (χ0n) is 20.8. The summed E-state index contributed by atoms with van der Waals surface area (Å²) in [6.07, 6.45) is 4.69. The average Bonchev–Trinajstić information content (AvgIpc) is 3.33. The van der Waals surface area contributed by atoms with Crippen LogP contribution in [0.2, 0.25) is 0 Å². The maximum atomic E-state index is 12.8. The van der Waals surface area contributed by atoms with Gasteiger partial charge in [-0.1, -0.05) is 24.3 Å². The predicted molar refractivity (Wildman–Crippen MR) is 140 cm³/mol. The number of carbonyl (C=O) groups is 1. The third kappa shape index (κ3) is 5.20. The van der Waals surface area contributed by atoms with Crippen LogP contribution in [-0.4, -0.2) is 48.9 Å². The van der Waals surface area contributed by atoms with Crippen molar-refractivity contribution in [3.05, 3.63) is 88.5 Å². The molecular weight excluding hydrogens is 476 g/mol. The van der Waals surface area contributed by atoms with Gasteiger partial charge in [0.25, 0.3) is 0 Å². The molecule has 1 aromatic heterocycles. The Labute approximate surface area is 213 Å². The minimum absolute atomic E-state index is 0.0153. The van der Waals surface area contributed by atoms with Gasteiger partial charge in [0.05, 0.1) is 39.8 Å². The van der Waals surface area contributed by atoms with E-state index in [1.54, 1.807) is 60.8 Å². The molecule has 0 bridgehead atoms. The van der Waals surface area contributed by atoms with Crippen molar-refractivity contribution in [3.63, 3.8) is 0 Å². The molecule has 190 valence electrons. The van der Waals surface area contributed by atoms with Crippen LogP contribution >= 0.6 is 0 Å². The van der Waals surface area contributed by atoms with Gasteiger partial charge >= 0.3 is 5.69 Å². The Morgan fingerprint density at radius 1 is 0.892 bits per heavy atom. The standard InChI is InChI=1S/C28H26N2O7/c1-34-24-12-17(9-11-23(24)32)8-10-22(31)18-6-5-7-20(13-18)30-16-21(29-28(30)33)19-14-25(35-2)27(37-4)26(15-19)36-3/h5-16,32H,1-4H3,(H,29,33)/b10-8+. The topological polar surface area (TPSA) is 112 Å². The van der Waals surface area contributed by atoms with Gasteiger partial charge in [0, 0.05) is 17.3 Å². The van der Waals surface area contributed by atoms with E-state index in [9.17, 15) is 14.7 Å². The molecule has 9 nitrogen and oxygen atoms in total. The number of H-pyrrole nitrogens is 1. The quantitative estimate of drug-likeness (QED) is 0.257. The van der Waals surface area contributed by atoms with E-state index in [4.69, 9.17) is 18.9 Å². The minimum atomic E-state index is -0.375. The predicted octanol–water partition coefficient (Wildman–Crippen LogP) is 4.47. The number of phenolic OH excluding ortho intramolecular Hbond substituents is 1. The van der Waals surface area contributed by atoms with E-state index >= 15 is 0 Å². The van der Waals surface area contributed by atoms with E-state index in [-0.39, 0.29) is 17.2 Å². The Morgan fingerprint density at radius 3 is 2.24 bits per heavy atom. The third-order valence-corrected chi connectivity index (χ3v) is 5.73. The van der Waals surface area contributed by atoms with Crippen LogP contribution in [0.4, 0.5) is 0 Å². The van der Waals surface area contributed by atoms with Crippen molar-refractivity contribution < 1.29 is 28.8 Å². The molecule has 37 heavy (non-hydrogen) atoms. The summed E-state index contributed by atoms with van der Waals surface area (Å²) >= 11 is 0. The second kappa shape index (κ2) is 10.8. The van der Waals surface area contributed by atoms with Crippen LogP contribution in [0.1, 0.15) is 15.9 Å². The molecule has 0 aliphatic heterocycles. The van der Waals surface area contributed by atoms with E-state index in [0.29, 0.717) is 51.1 Å². The van der Waals surface area contributed by atoms with E-state index in [2.05, 4.69) is 4.98 Å². The molecule has 0 radical (unpaired) electrons. The van der Waals surface area contributed by atoms with E-state index in [1.165, 1.54) is 45.1 Å². The summed E-state index contributed by atoms with van der Waals surface area (Å²) in [6.45, 7) is 0. The van der Waals surface area contributed by atoms with Gasteiger partial charge in [0.1, 0.15) is 0 Å². The van der Waals surface area contributed by atoms with Crippen molar-refractivity contribution in [2.75, 3.05) is 28.4 Å². The lowest BCUT2D eigenvalue weighted by Crippen LogP contribution is -2.14. The van der Waals surface area contributed by atoms with E-state index < -0.39 is 0 Å². The van der Waals surface area contributed by atoms with Crippen molar-refractivity contribution in [2.45, 2.75) is 0 Å². The first-order chi connectivity index (χ1) is 17.9. The molecule has 0 aliphatic carbocycles. The number of rotatable bonds is 9.